The van der Waals surface area contributed by atoms with Crippen molar-refractivity contribution in [2.45, 2.75) is 38.5 Å². The van der Waals surface area contributed by atoms with Gasteiger partial charge in [0.15, 0.2) is 0 Å². The Labute approximate surface area is 134 Å². The summed E-state index contributed by atoms with van der Waals surface area (Å²) < 4.78 is 24.6. The Balaban J connectivity index is 1.66. The van der Waals surface area contributed by atoms with E-state index in [4.69, 9.17) is 0 Å². The summed E-state index contributed by atoms with van der Waals surface area (Å²) in [6.07, 6.45) is 7.78. The van der Waals surface area contributed by atoms with Crippen molar-refractivity contribution in [1.29, 1.82) is 0 Å². The lowest BCUT2D eigenvalue weighted by Crippen LogP contribution is -3.12. The lowest BCUT2D eigenvalue weighted by atomic mass is 9.99. The second kappa shape index (κ2) is 8.26. The molecule has 7 heteroatoms. The van der Waals surface area contributed by atoms with Crippen LogP contribution in [-0.2, 0) is 14.8 Å². The van der Waals surface area contributed by atoms with Crippen LogP contribution in [0.15, 0.2) is 0 Å². The number of likely N-dealkylation sites (tertiary alicyclic amines) is 1. The first-order valence-corrected chi connectivity index (χ1v) is 10.4. The second-order valence-corrected chi connectivity index (χ2v) is 8.65. The predicted molar refractivity (Wildman–Crippen MR) is 86.2 cm³/mol. The summed E-state index contributed by atoms with van der Waals surface area (Å²) in [5, 5.41) is 2.99. The van der Waals surface area contributed by atoms with Gasteiger partial charge in [0.2, 0.25) is 15.9 Å². The van der Waals surface area contributed by atoms with Gasteiger partial charge in [0.1, 0.15) is 0 Å². The Kier molecular flexibility index (Phi) is 6.65. The SMILES string of the molecule is CS(=O)(=O)N1CCC[C@H](C(=O)NCCC[NH+]2CCCCC2)C1. The zero-order chi connectivity index (χ0) is 16.0. The van der Waals surface area contributed by atoms with Gasteiger partial charge in [-0.15, -0.1) is 0 Å². The molecule has 2 N–H and O–H groups in total. The number of carbonyl (C=O) groups is 1. The van der Waals surface area contributed by atoms with Crippen molar-refractivity contribution in [3.63, 3.8) is 0 Å². The average Bonchev–Trinajstić information content (AvgIpc) is 2.52. The van der Waals surface area contributed by atoms with Crippen LogP contribution in [0.1, 0.15) is 38.5 Å². The van der Waals surface area contributed by atoms with Crippen LogP contribution in [-0.4, -0.2) is 64.2 Å². The van der Waals surface area contributed by atoms with Gasteiger partial charge in [-0.25, -0.2) is 12.7 Å². The topological polar surface area (TPSA) is 70.9 Å². The molecule has 1 amide bonds. The highest BCUT2D eigenvalue weighted by Crippen LogP contribution is 2.18. The van der Waals surface area contributed by atoms with E-state index < -0.39 is 10.0 Å². The van der Waals surface area contributed by atoms with Crippen LogP contribution >= 0.6 is 0 Å². The fourth-order valence-electron chi connectivity index (χ4n) is 3.45. The number of piperidine rings is 2. The van der Waals surface area contributed by atoms with Gasteiger partial charge >= 0.3 is 0 Å². The van der Waals surface area contributed by atoms with Gasteiger partial charge in [0.05, 0.1) is 31.8 Å². The molecule has 0 aromatic heterocycles. The Bertz CT molecular complexity index is 461. The van der Waals surface area contributed by atoms with Crippen molar-refractivity contribution >= 4 is 15.9 Å². The summed E-state index contributed by atoms with van der Waals surface area (Å²) in [5.74, 6) is -0.173. The molecular weight excluding hydrogens is 302 g/mol. The third-order valence-corrected chi connectivity index (χ3v) is 6.06. The molecule has 6 nitrogen and oxygen atoms in total. The maximum absolute atomic E-state index is 12.2. The summed E-state index contributed by atoms with van der Waals surface area (Å²) in [7, 11) is -3.18. The minimum atomic E-state index is -3.18. The second-order valence-electron chi connectivity index (χ2n) is 6.67. The highest BCUT2D eigenvalue weighted by molar-refractivity contribution is 7.88. The van der Waals surface area contributed by atoms with Crippen LogP contribution < -0.4 is 10.2 Å². The first-order valence-electron chi connectivity index (χ1n) is 8.53. The van der Waals surface area contributed by atoms with E-state index in [1.807, 2.05) is 0 Å². The van der Waals surface area contributed by atoms with Crippen molar-refractivity contribution in [2.24, 2.45) is 5.92 Å². The quantitative estimate of drug-likeness (QED) is 0.628. The third-order valence-electron chi connectivity index (χ3n) is 4.79. The van der Waals surface area contributed by atoms with Crippen molar-refractivity contribution in [2.75, 3.05) is 45.5 Å². The molecule has 0 bridgehead atoms. The summed E-state index contributed by atoms with van der Waals surface area (Å²) in [5.41, 5.74) is 0. The average molecular weight is 332 g/mol. The molecule has 2 rings (SSSR count). The molecular formula is C15H30N3O3S+. The van der Waals surface area contributed by atoms with Gasteiger partial charge in [0.25, 0.3) is 0 Å². The maximum atomic E-state index is 12.2. The van der Waals surface area contributed by atoms with E-state index in [0.29, 0.717) is 19.6 Å². The molecule has 0 unspecified atom stereocenters. The highest BCUT2D eigenvalue weighted by Gasteiger charge is 2.29. The smallest absolute Gasteiger partial charge is 0.224 e. The first-order chi connectivity index (χ1) is 10.5. The normalized spacial score (nSPS) is 25.0. The lowest BCUT2D eigenvalue weighted by molar-refractivity contribution is -0.904. The van der Waals surface area contributed by atoms with E-state index in [9.17, 15) is 13.2 Å². The zero-order valence-corrected chi connectivity index (χ0v) is 14.5. The molecule has 2 aliphatic rings. The Morgan fingerprint density at radius 3 is 2.64 bits per heavy atom. The number of nitrogens with zero attached hydrogens (tertiary/aromatic N) is 1. The Morgan fingerprint density at radius 2 is 1.95 bits per heavy atom. The molecule has 0 saturated carbocycles. The van der Waals surface area contributed by atoms with Gasteiger partial charge in [-0.1, -0.05) is 0 Å². The molecule has 1 atom stereocenters. The Morgan fingerprint density at radius 1 is 1.23 bits per heavy atom. The molecule has 0 aliphatic carbocycles. The van der Waals surface area contributed by atoms with E-state index in [0.717, 1.165) is 25.8 Å². The van der Waals surface area contributed by atoms with Crippen LogP contribution in [0.5, 0.6) is 0 Å². The molecule has 2 fully saturated rings. The third kappa shape index (κ3) is 5.52. The number of quaternary nitrogens is 1. The number of amides is 1. The number of nitrogens with one attached hydrogen (secondary N) is 2. The predicted octanol–water partition coefficient (Wildman–Crippen LogP) is -0.767. The molecule has 0 aromatic rings. The molecule has 0 aromatic carbocycles. The minimum Gasteiger partial charge on any atom is -0.356 e. The summed E-state index contributed by atoms with van der Waals surface area (Å²) in [6, 6.07) is 0. The van der Waals surface area contributed by atoms with Crippen LogP contribution in [0.25, 0.3) is 0 Å². The Hall–Kier alpha value is -0.660. The number of hydrogen-bond donors (Lipinski definition) is 2. The van der Waals surface area contributed by atoms with E-state index in [1.54, 1.807) is 4.90 Å². The van der Waals surface area contributed by atoms with Gasteiger partial charge in [-0.3, -0.25) is 4.79 Å². The number of sulfonamides is 1. The van der Waals surface area contributed by atoms with Crippen molar-refractivity contribution in [1.82, 2.24) is 9.62 Å². The summed E-state index contributed by atoms with van der Waals surface area (Å²) in [4.78, 5) is 13.8. The van der Waals surface area contributed by atoms with Crippen molar-refractivity contribution in [3.8, 4) is 0 Å². The van der Waals surface area contributed by atoms with Crippen LogP contribution in [0.2, 0.25) is 0 Å². The standard InChI is InChI=1S/C15H29N3O3S/c1-22(20,21)18-12-5-7-14(13-18)15(19)16-8-6-11-17-9-3-2-4-10-17/h14H,2-13H2,1H3,(H,16,19)/p+1/t14-/m0/s1. The van der Waals surface area contributed by atoms with Gasteiger partial charge in [-0.05, 0) is 32.1 Å². The van der Waals surface area contributed by atoms with E-state index >= 15 is 0 Å². The molecule has 22 heavy (non-hydrogen) atoms. The molecule has 2 saturated heterocycles. The van der Waals surface area contributed by atoms with Gasteiger partial charge in [-0.2, -0.15) is 0 Å². The molecule has 0 radical (unpaired) electrons. The molecule has 2 heterocycles. The van der Waals surface area contributed by atoms with Crippen LogP contribution in [0, 0.1) is 5.92 Å². The number of rotatable bonds is 6. The lowest BCUT2D eigenvalue weighted by Gasteiger charge is -2.30. The van der Waals surface area contributed by atoms with Gasteiger partial charge < -0.3 is 10.2 Å². The zero-order valence-electron chi connectivity index (χ0n) is 13.6. The monoisotopic (exact) mass is 332 g/mol. The number of carbonyl (C=O) groups excluding carboxylic acids is 1. The molecule has 128 valence electrons. The summed E-state index contributed by atoms with van der Waals surface area (Å²) >= 11 is 0. The van der Waals surface area contributed by atoms with Crippen LogP contribution in [0.4, 0.5) is 0 Å². The van der Waals surface area contributed by atoms with Crippen molar-refractivity contribution in [3.05, 3.63) is 0 Å². The summed E-state index contributed by atoms with van der Waals surface area (Å²) in [6.45, 7) is 5.24. The van der Waals surface area contributed by atoms with E-state index in [2.05, 4.69) is 5.32 Å². The number of hydrogen-bond acceptors (Lipinski definition) is 3. The van der Waals surface area contributed by atoms with Crippen molar-refractivity contribution < 1.29 is 18.1 Å². The fourth-order valence-corrected chi connectivity index (χ4v) is 4.37. The van der Waals surface area contributed by atoms with E-state index in [-0.39, 0.29) is 11.8 Å². The maximum Gasteiger partial charge on any atom is 0.224 e. The first kappa shape index (κ1) is 17.7. The highest BCUT2D eigenvalue weighted by atomic mass is 32.2. The van der Waals surface area contributed by atoms with Gasteiger partial charge in [0, 0.05) is 26.1 Å². The largest absolute Gasteiger partial charge is 0.356 e. The fraction of sp³-hybridized carbons (Fsp3) is 0.933. The van der Waals surface area contributed by atoms with Crippen LogP contribution in [0.3, 0.4) is 0 Å². The minimum absolute atomic E-state index is 0.0157. The van der Waals surface area contributed by atoms with E-state index in [1.165, 1.54) is 42.9 Å². The molecule has 0 spiro atoms. The molecule has 2 aliphatic heterocycles.